The second-order valence-electron chi connectivity index (χ2n) is 0.724. The largest absolute Gasteiger partial charge is 0.304 e. The smallest absolute Gasteiger partial charge is 0.0269 e. The summed E-state index contributed by atoms with van der Waals surface area (Å²) in [6, 6.07) is 0. The normalized spacial score (nSPS) is 3.80. The molecule has 64 valence electrons. The van der Waals surface area contributed by atoms with Gasteiger partial charge in [0, 0.05) is 7.05 Å². The number of allylic oxidation sites excluding steroid dienone is 1. The van der Waals surface area contributed by atoms with E-state index in [9.17, 15) is 0 Å². The van der Waals surface area contributed by atoms with Gasteiger partial charge in [0.15, 0.2) is 0 Å². The summed E-state index contributed by atoms with van der Waals surface area (Å²) in [5, 5.41) is 0. The Morgan fingerprint density at radius 2 is 1.10 bits per heavy atom. The van der Waals surface area contributed by atoms with E-state index in [4.69, 9.17) is 0 Å². The van der Waals surface area contributed by atoms with Crippen LogP contribution in [0.4, 0.5) is 0 Å². The molecule has 0 N–H and O–H groups in total. The van der Waals surface area contributed by atoms with Crippen molar-refractivity contribution in [2.75, 3.05) is 7.05 Å². The van der Waals surface area contributed by atoms with E-state index in [1.165, 1.54) is 0 Å². The minimum Gasteiger partial charge on any atom is -0.304 e. The zero-order valence-electron chi connectivity index (χ0n) is 8.44. The van der Waals surface area contributed by atoms with Gasteiger partial charge in [0.1, 0.15) is 0 Å². The maximum atomic E-state index is 3.36. The van der Waals surface area contributed by atoms with Crippen LogP contribution in [-0.4, -0.2) is 13.8 Å². The summed E-state index contributed by atoms with van der Waals surface area (Å²) in [5.74, 6) is 0. The van der Waals surface area contributed by atoms with Gasteiger partial charge in [0.2, 0.25) is 0 Å². The monoisotopic (exact) mass is 145 g/mol. The number of nitrogens with zero attached hydrogens (tertiary/aromatic N) is 1. The third kappa shape index (κ3) is 875. The van der Waals surface area contributed by atoms with E-state index in [1.807, 2.05) is 34.6 Å². The van der Waals surface area contributed by atoms with Gasteiger partial charge in [0.05, 0.1) is 0 Å². The van der Waals surface area contributed by atoms with Crippen LogP contribution < -0.4 is 0 Å². The molecule has 0 aromatic heterocycles. The van der Waals surface area contributed by atoms with Crippen LogP contribution in [0.25, 0.3) is 0 Å². The highest BCUT2D eigenvalue weighted by molar-refractivity contribution is 5.22. The van der Waals surface area contributed by atoms with Crippen LogP contribution in [-0.2, 0) is 0 Å². The first-order valence-corrected chi connectivity index (χ1v) is 3.75. The predicted octanol–water partition coefficient (Wildman–Crippen LogP) is 3.56. The molecular formula is C9H23N. The Balaban J connectivity index is -0.0000000246. The van der Waals surface area contributed by atoms with Crippen molar-refractivity contribution in [2.45, 2.75) is 34.6 Å². The molecule has 0 saturated heterocycles. The average Bonchev–Trinajstić information content (AvgIpc) is 1.99. The minimum absolute atomic E-state index is 1.64. The molecule has 0 aromatic carbocycles. The molecule has 0 aliphatic carbocycles. The first kappa shape index (κ1) is 22.7. The molecule has 0 rings (SSSR count). The van der Waals surface area contributed by atoms with E-state index in [2.05, 4.69) is 18.3 Å². The zero-order valence-corrected chi connectivity index (χ0v) is 8.44. The van der Waals surface area contributed by atoms with E-state index in [0.29, 0.717) is 0 Å². The van der Waals surface area contributed by atoms with Crippen LogP contribution in [0.2, 0.25) is 0 Å². The van der Waals surface area contributed by atoms with Crippen molar-refractivity contribution in [2.24, 2.45) is 4.99 Å². The van der Waals surface area contributed by atoms with Crippen molar-refractivity contribution >= 4 is 6.72 Å². The van der Waals surface area contributed by atoms with Gasteiger partial charge in [-0.25, -0.2) is 0 Å². The Bertz CT molecular complexity index is 25.7. The second-order valence-corrected chi connectivity index (χ2v) is 0.724. The molecule has 0 amide bonds. The Morgan fingerprint density at radius 3 is 1.10 bits per heavy atom. The van der Waals surface area contributed by atoms with E-state index in [0.717, 1.165) is 0 Å². The van der Waals surface area contributed by atoms with Gasteiger partial charge in [-0.05, 0) is 13.6 Å². The molecule has 0 bridgehead atoms. The van der Waals surface area contributed by atoms with Crippen LogP contribution in [0.5, 0.6) is 0 Å². The Hall–Kier alpha value is -0.590. The molecule has 0 atom stereocenters. The SMILES string of the molecule is C=CC.C=NC.CC.CC. The van der Waals surface area contributed by atoms with Crippen molar-refractivity contribution < 1.29 is 0 Å². The zero-order chi connectivity index (χ0) is 9.41. The molecule has 0 saturated carbocycles. The van der Waals surface area contributed by atoms with Crippen molar-refractivity contribution in [3.63, 3.8) is 0 Å². The summed E-state index contributed by atoms with van der Waals surface area (Å²) in [6.45, 7) is 16.4. The summed E-state index contributed by atoms with van der Waals surface area (Å²) in [7, 11) is 1.64. The van der Waals surface area contributed by atoms with Crippen molar-refractivity contribution in [1.82, 2.24) is 0 Å². The third-order valence-electron chi connectivity index (χ3n) is 0. The number of rotatable bonds is 0. The fourth-order valence-electron chi connectivity index (χ4n) is 0. The maximum absolute atomic E-state index is 3.36. The standard InChI is InChI=1S/C3H6.C2H5N.2C2H6/c2*1-3-2;2*1-2/h3H,1H2,2H3;1H2,2H3;2*1-2H3. The molecule has 0 unspecified atom stereocenters. The van der Waals surface area contributed by atoms with Crippen molar-refractivity contribution in [3.8, 4) is 0 Å². The fraction of sp³-hybridized carbons (Fsp3) is 0.667. The van der Waals surface area contributed by atoms with Gasteiger partial charge in [-0.3, -0.25) is 0 Å². The predicted molar refractivity (Wildman–Crippen MR) is 54.0 cm³/mol. The van der Waals surface area contributed by atoms with E-state index in [-0.39, 0.29) is 0 Å². The molecular weight excluding hydrogens is 122 g/mol. The molecule has 1 nitrogen and oxygen atoms in total. The van der Waals surface area contributed by atoms with Gasteiger partial charge in [-0.2, -0.15) is 0 Å². The lowest BCUT2D eigenvalue weighted by molar-refractivity contribution is 1.49. The van der Waals surface area contributed by atoms with E-state index < -0.39 is 0 Å². The summed E-state index contributed by atoms with van der Waals surface area (Å²) < 4.78 is 0. The minimum atomic E-state index is 1.64. The van der Waals surface area contributed by atoms with Gasteiger partial charge in [-0.1, -0.05) is 33.8 Å². The molecule has 0 radical (unpaired) electrons. The van der Waals surface area contributed by atoms with Crippen molar-refractivity contribution in [1.29, 1.82) is 0 Å². The maximum Gasteiger partial charge on any atom is 0.0269 e. The molecule has 0 fully saturated rings. The molecule has 0 spiro atoms. The molecule has 0 aromatic rings. The van der Waals surface area contributed by atoms with Gasteiger partial charge >= 0.3 is 0 Å². The van der Waals surface area contributed by atoms with Gasteiger partial charge in [-0.15, -0.1) is 6.58 Å². The molecule has 1 heteroatoms. The topological polar surface area (TPSA) is 12.4 Å². The quantitative estimate of drug-likeness (QED) is 0.365. The van der Waals surface area contributed by atoms with Gasteiger partial charge < -0.3 is 4.99 Å². The van der Waals surface area contributed by atoms with Gasteiger partial charge in [0.25, 0.3) is 0 Å². The highest BCUT2D eigenvalue weighted by Crippen LogP contribution is 1.38. The summed E-state index contributed by atoms with van der Waals surface area (Å²) in [5.41, 5.74) is 0. The highest BCUT2D eigenvalue weighted by atomic mass is 14.6. The summed E-state index contributed by atoms with van der Waals surface area (Å²) in [6.07, 6.45) is 1.75. The lowest BCUT2D eigenvalue weighted by Crippen LogP contribution is -1.26. The van der Waals surface area contributed by atoms with Crippen LogP contribution >= 0.6 is 0 Å². The van der Waals surface area contributed by atoms with Crippen LogP contribution in [0.15, 0.2) is 17.6 Å². The van der Waals surface area contributed by atoms with E-state index >= 15 is 0 Å². The number of hydrogen-bond acceptors (Lipinski definition) is 1. The molecule has 0 heterocycles. The first-order valence-electron chi connectivity index (χ1n) is 3.75. The summed E-state index contributed by atoms with van der Waals surface area (Å²) >= 11 is 0. The Kier molecular flexibility index (Phi) is 528. The molecule has 10 heavy (non-hydrogen) atoms. The van der Waals surface area contributed by atoms with Crippen LogP contribution in [0, 0.1) is 0 Å². The second kappa shape index (κ2) is 232. The molecule has 0 aliphatic heterocycles. The fourth-order valence-corrected chi connectivity index (χ4v) is 0. The lowest BCUT2D eigenvalue weighted by Gasteiger charge is -1.38. The third-order valence-corrected chi connectivity index (χ3v) is 0. The number of hydrogen-bond donors (Lipinski definition) is 0. The summed E-state index contributed by atoms with van der Waals surface area (Å²) in [4.78, 5) is 3.25. The number of aliphatic imine (C=N–C) groups is 1. The first-order chi connectivity index (χ1) is 4.83. The lowest BCUT2D eigenvalue weighted by atomic mass is 10.8. The average molecular weight is 145 g/mol. The molecule has 0 aliphatic rings. The van der Waals surface area contributed by atoms with Crippen LogP contribution in [0.1, 0.15) is 34.6 Å². The highest BCUT2D eigenvalue weighted by Gasteiger charge is 1.15. The van der Waals surface area contributed by atoms with E-state index in [1.54, 1.807) is 13.1 Å². The Morgan fingerprint density at radius 1 is 1.10 bits per heavy atom. The van der Waals surface area contributed by atoms with Crippen LogP contribution in [0.3, 0.4) is 0 Å². The van der Waals surface area contributed by atoms with Crippen molar-refractivity contribution in [3.05, 3.63) is 12.7 Å². The Labute approximate surface area is 66.9 Å².